The lowest BCUT2D eigenvalue weighted by Crippen LogP contribution is -2.20. The highest BCUT2D eigenvalue weighted by Gasteiger charge is 2.14. The minimum Gasteiger partial charge on any atom is -0.497 e. The van der Waals surface area contributed by atoms with Gasteiger partial charge in [0.25, 0.3) is 0 Å². The van der Waals surface area contributed by atoms with Crippen LogP contribution in [0, 0.1) is 0 Å². The van der Waals surface area contributed by atoms with Gasteiger partial charge in [0.05, 0.1) is 7.11 Å². The molecule has 0 saturated heterocycles. The number of methoxy groups -OCH3 is 1. The fraction of sp³-hybridized carbons (Fsp3) is 0.375. The smallest absolute Gasteiger partial charge is 0.118 e. The first-order chi connectivity index (χ1) is 9.74. The van der Waals surface area contributed by atoms with Gasteiger partial charge in [-0.3, -0.25) is 0 Å². The molecule has 2 nitrogen and oxygen atoms in total. The lowest BCUT2D eigenvalue weighted by Gasteiger charge is -2.17. The fourth-order valence-electron chi connectivity index (χ4n) is 2.23. The van der Waals surface area contributed by atoms with Gasteiger partial charge in [-0.1, -0.05) is 19.1 Å². The van der Waals surface area contributed by atoms with Gasteiger partial charge < -0.3 is 10.1 Å². The highest BCUT2D eigenvalue weighted by molar-refractivity contribution is 9.10. The van der Waals surface area contributed by atoms with Crippen molar-refractivity contribution in [2.75, 3.05) is 13.7 Å². The maximum absolute atomic E-state index is 5.19. The lowest BCUT2D eigenvalue weighted by atomic mass is 10.0. The Bertz CT molecular complexity index is 524. The van der Waals surface area contributed by atoms with E-state index in [-0.39, 0.29) is 0 Å². The van der Waals surface area contributed by atoms with E-state index < -0.39 is 0 Å². The fourth-order valence-corrected chi connectivity index (χ4v) is 3.99. The van der Waals surface area contributed by atoms with Crippen LogP contribution in [0.15, 0.2) is 40.2 Å². The molecule has 0 aliphatic carbocycles. The Morgan fingerprint density at radius 3 is 2.55 bits per heavy atom. The lowest BCUT2D eigenvalue weighted by molar-refractivity contribution is 0.414. The van der Waals surface area contributed by atoms with Gasteiger partial charge in [-0.05, 0) is 64.5 Å². The summed E-state index contributed by atoms with van der Waals surface area (Å²) in [6.45, 7) is 3.14. The van der Waals surface area contributed by atoms with Gasteiger partial charge in [-0.15, -0.1) is 11.3 Å². The number of nitrogens with one attached hydrogen (secondary N) is 1. The number of hydrogen-bond acceptors (Lipinski definition) is 3. The number of ether oxygens (including phenoxy) is 1. The summed E-state index contributed by atoms with van der Waals surface area (Å²) in [6.07, 6.45) is 2.16. The van der Waals surface area contributed by atoms with Gasteiger partial charge in [-0.2, -0.15) is 0 Å². The molecule has 1 unspecified atom stereocenters. The zero-order valence-electron chi connectivity index (χ0n) is 11.9. The van der Waals surface area contributed by atoms with Crippen LogP contribution in [0.4, 0.5) is 0 Å². The minimum absolute atomic E-state index is 0.413. The number of benzene rings is 1. The average molecular weight is 354 g/mol. The molecule has 0 saturated carbocycles. The highest BCUT2D eigenvalue weighted by Crippen LogP contribution is 2.31. The van der Waals surface area contributed by atoms with E-state index in [4.69, 9.17) is 4.74 Å². The highest BCUT2D eigenvalue weighted by atomic mass is 79.9. The summed E-state index contributed by atoms with van der Waals surface area (Å²) in [5.41, 5.74) is 1.35. The van der Waals surface area contributed by atoms with Gasteiger partial charge in [0.15, 0.2) is 0 Å². The molecule has 0 fully saturated rings. The van der Waals surface area contributed by atoms with Crippen molar-refractivity contribution in [3.63, 3.8) is 0 Å². The molecule has 0 amide bonds. The van der Waals surface area contributed by atoms with Crippen LogP contribution in [0.3, 0.4) is 0 Å². The minimum atomic E-state index is 0.413. The second kappa shape index (κ2) is 7.81. The van der Waals surface area contributed by atoms with Crippen molar-refractivity contribution in [1.29, 1.82) is 0 Å². The first-order valence-electron chi connectivity index (χ1n) is 6.83. The van der Waals surface area contributed by atoms with E-state index in [1.807, 2.05) is 23.5 Å². The molecule has 0 aliphatic heterocycles. The Hall–Kier alpha value is -0.840. The standard InChI is InChI=1S/C16H20BrNOS/c1-3-18-15(16-14(17)10-11-20-16)9-6-12-4-7-13(19-2)8-5-12/h4-5,7-8,10-11,15,18H,3,6,9H2,1-2H3. The second-order valence-corrected chi connectivity index (χ2v) is 6.43. The molecular weight excluding hydrogens is 334 g/mol. The number of hydrogen-bond donors (Lipinski definition) is 1. The molecule has 0 aliphatic rings. The molecule has 1 heterocycles. The predicted octanol–water partition coefficient (Wildman–Crippen LogP) is 4.80. The van der Waals surface area contributed by atoms with Gasteiger partial charge in [0, 0.05) is 15.4 Å². The zero-order chi connectivity index (χ0) is 14.4. The molecule has 1 aromatic heterocycles. The van der Waals surface area contributed by atoms with Crippen molar-refractivity contribution in [3.8, 4) is 5.75 Å². The maximum Gasteiger partial charge on any atom is 0.118 e. The number of rotatable bonds is 7. The zero-order valence-corrected chi connectivity index (χ0v) is 14.3. The number of halogens is 1. The maximum atomic E-state index is 5.19. The average Bonchev–Trinajstić information content (AvgIpc) is 2.90. The van der Waals surface area contributed by atoms with E-state index in [0.29, 0.717) is 6.04 Å². The largest absolute Gasteiger partial charge is 0.497 e. The summed E-state index contributed by atoms with van der Waals surface area (Å²) in [6, 6.07) is 10.9. The summed E-state index contributed by atoms with van der Waals surface area (Å²) in [4.78, 5) is 1.39. The molecule has 2 aromatic rings. The van der Waals surface area contributed by atoms with Gasteiger partial charge in [0.2, 0.25) is 0 Å². The third-order valence-corrected chi connectivity index (χ3v) is 5.28. The third kappa shape index (κ3) is 4.08. The summed E-state index contributed by atoms with van der Waals surface area (Å²) in [5.74, 6) is 0.915. The summed E-state index contributed by atoms with van der Waals surface area (Å²) in [7, 11) is 1.70. The van der Waals surface area contributed by atoms with Crippen molar-refractivity contribution in [1.82, 2.24) is 5.32 Å². The van der Waals surface area contributed by atoms with Gasteiger partial charge in [-0.25, -0.2) is 0 Å². The van der Waals surface area contributed by atoms with Gasteiger partial charge >= 0.3 is 0 Å². The second-order valence-electron chi connectivity index (χ2n) is 4.63. The van der Waals surface area contributed by atoms with E-state index in [0.717, 1.165) is 25.1 Å². The van der Waals surface area contributed by atoms with Crippen molar-refractivity contribution in [3.05, 3.63) is 50.6 Å². The van der Waals surface area contributed by atoms with E-state index in [2.05, 4.69) is 51.7 Å². The van der Waals surface area contributed by atoms with Crippen molar-refractivity contribution in [2.45, 2.75) is 25.8 Å². The molecule has 2 rings (SSSR count). The molecule has 1 N–H and O–H groups in total. The molecule has 108 valence electrons. The normalized spacial score (nSPS) is 12.3. The van der Waals surface area contributed by atoms with Crippen LogP contribution >= 0.6 is 27.3 Å². The van der Waals surface area contributed by atoms with Crippen LogP contribution in [0.1, 0.15) is 29.8 Å². The topological polar surface area (TPSA) is 21.3 Å². The van der Waals surface area contributed by atoms with E-state index in [1.165, 1.54) is 14.9 Å². The van der Waals surface area contributed by atoms with Crippen LogP contribution in [-0.4, -0.2) is 13.7 Å². The quantitative estimate of drug-likeness (QED) is 0.771. The van der Waals surface area contributed by atoms with E-state index in [9.17, 15) is 0 Å². The molecule has 0 spiro atoms. The Kier molecular flexibility index (Phi) is 6.07. The van der Waals surface area contributed by atoms with Crippen molar-refractivity contribution < 1.29 is 4.74 Å². The summed E-state index contributed by atoms with van der Waals surface area (Å²) >= 11 is 5.45. The van der Waals surface area contributed by atoms with E-state index in [1.54, 1.807) is 7.11 Å². The predicted molar refractivity (Wildman–Crippen MR) is 89.8 cm³/mol. The van der Waals surface area contributed by atoms with Crippen molar-refractivity contribution >= 4 is 27.3 Å². The monoisotopic (exact) mass is 353 g/mol. The van der Waals surface area contributed by atoms with Crippen LogP contribution < -0.4 is 10.1 Å². The van der Waals surface area contributed by atoms with Crippen LogP contribution in [0.25, 0.3) is 0 Å². The molecule has 0 bridgehead atoms. The molecule has 0 radical (unpaired) electrons. The molecule has 1 aromatic carbocycles. The SMILES string of the molecule is CCNC(CCc1ccc(OC)cc1)c1sccc1Br. The summed E-state index contributed by atoms with van der Waals surface area (Å²) in [5, 5.41) is 5.71. The van der Waals surface area contributed by atoms with Crippen LogP contribution in [-0.2, 0) is 6.42 Å². The molecule has 1 atom stereocenters. The number of aryl methyl sites for hydroxylation is 1. The van der Waals surface area contributed by atoms with Crippen molar-refractivity contribution in [2.24, 2.45) is 0 Å². The Balaban J connectivity index is 2.00. The Labute approximate surface area is 133 Å². The van der Waals surface area contributed by atoms with Gasteiger partial charge in [0.1, 0.15) is 5.75 Å². The molecular formula is C16H20BrNOS. The third-order valence-electron chi connectivity index (χ3n) is 3.29. The first-order valence-corrected chi connectivity index (χ1v) is 8.51. The number of thiophene rings is 1. The summed E-state index contributed by atoms with van der Waals surface area (Å²) < 4.78 is 6.40. The Morgan fingerprint density at radius 2 is 2.00 bits per heavy atom. The molecule has 4 heteroatoms. The van der Waals surface area contributed by atoms with E-state index >= 15 is 0 Å². The Morgan fingerprint density at radius 1 is 1.25 bits per heavy atom. The first kappa shape index (κ1) is 15.5. The van der Waals surface area contributed by atoms with Crippen LogP contribution in [0.5, 0.6) is 5.75 Å². The molecule has 20 heavy (non-hydrogen) atoms. The van der Waals surface area contributed by atoms with Crippen LogP contribution in [0.2, 0.25) is 0 Å².